The predicted octanol–water partition coefficient (Wildman–Crippen LogP) is 5.77. The lowest BCUT2D eigenvalue weighted by atomic mass is 10.1. The van der Waals surface area contributed by atoms with Gasteiger partial charge in [0.2, 0.25) is 0 Å². The number of rotatable bonds is 8. The van der Waals surface area contributed by atoms with Gasteiger partial charge in [-0.15, -0.1) is 0 Å². The zero-order valence-electron chi connectivity index (χ0n) is 17.9. The van der Waals surface area contributed by atoms with E-state index in [-0.39, 0.29) is 4.90 Å². The van der Waals surface area contributed by atoms with E-state index in [2.05, 4.69) is 6.92 Å². The average Bonchev–Trinajstić information content (AvgIpc) is 2.78. The third kappa shape index (κ3) is 5.70. The van der Waals surface area contributed by atoms with Crippen molar-refractivity contribution >= 4 is 27.7 Å². The van der Waals surface area contributed by atoms with Crippen molar-refractivity contribution in [3.63, 3.8) is 0 Å². The van der Waals surface area contributed by atoms with Gasteiger partial charge in [-0.05, 0) is 61.2 Å². The maximum atomic E-state index is 13.4. The topological polar surface area (TPSA) is 54.5 Å². The van der Waals surface area contributed by atoms with Gasteiger partial charge in [0.1, 0.15) is 0 Å². The maximum absolute atomic E-state index is 13.4. The van der Waals surface area contributed by atoms with Gasteiger partial charge in [0, 0.05) is 6.08 Å². The summed E-state index contributed by atoms with van der Waals surface area (Å²) in [5.41, 5.74) is 3.20. The van der Waals surface area contributed by atoms with Crippen LogP contribution in [0.4, 0.5) is 5.69 Å². The van der Waals surface area contributed by atoms with Crippen LogP contribution in [0.2, 0.25) is 0 Å². The first-order chi connectivity index (χ1) is 14.9. The Bertz CT molecular complexity index is 1130. The van der Waals surface area contributed by atoms with Gasteiger partial charge in [-0.25, -0.2) is 8.42 Å². The second kappa shape index (κ2) is 10.2. The molecule has 4 nitrogen and oxygen atoms in total. The lowest BCUT2D eigenvalue weighted by Gasteiger charge is -2.22. The largest absolute Gasteiger partial charge is 0.271 e. The molecule has 5 heteroatoms. The molecular weight excluding hydrogens is 406 g/mol. The van der Waals surface area contributed by atoms with Crippen molar-refractivity contribution < 1.29 is 13.2 Å². The van der Waals surface area contributed by atoms with Gasteiger partial charge in [0.05, 0.1) is 10.6 Å². The van der Waals surface area contributed by atoms with Crippen molar-refractivity contribution in [2.75, 3.05) is 4.31 Å². The molecule has 0 radical (unpaired) electrons. The molecule has 0 aliphatic rings. The van der Waals surface area contributed by atoms with Gasteiger partial charge in [-0.2, -0.15) is 4.31 Å². The Morgan fingerprint density at radius 1 is 0.903 bits per heavy atom. The highest BCUT2D eigenvalue weighted by Crippen LogP contribution is 2.26. The molecule has 31 heavy (non-hydrogen) atoms. The number of anilines is 1. The molecule has 0 aromatic heterocycles. The van der Waals surface area contributed by atoms with Gasteiger partial charge in [-0.3, -0.25) is 4.79 Å². The minimum absolute atomic E-state index is 0.0784. The third-order valence-electron chi connectivity index (χ3n) is 4.97. The number of sulfonamides is 1. The molecule has 0 heterocycles. The Morgan fingerprint density at radius 3 is 2.16 bits per heavy atom. The molecule has 0 N–H and O–H groups in total. The second-order valence-electron chi connectivity index (χ2n) is 7.43. The van der Waals surface area contributed by atoms with Crippen molar-refractivity contribution in [2.24, 2.45) is 0 Å². The van der Waals surface area contributed by atoms with Gasteiger partial charge in [0.25, 0.3) is 15.9 Å². The molecule has 0 bridgehead atoms. The van der Waals surface area contributed by atoms with E-state index in [4.69, 9.17) is 0 Å². The van der Waals surface area contributed by atoms with E-state index in [1.54, 1.807) is 30.3 Å². The van der Waals surface area contributed by atoms with Crippen LogP contribution >= 0.6 is 0 Å². The van der Waals surface area contributed by atoms with Crippen molar-refractivity contribution in [3.8, 4) is 0 Å². The summed E-state index contributed by atoms with van der Waals surface area (Å²) in [6.45, 7) is 4.01. The molecule has 3 aromatic carbocycles. The quantitative estimate of drug-likeness (QED) is 0.424. The summed E-state index contributed by atoms with van der Waals surface area (Å²) >= 11 is 0. The summed E-state index contributed by atoms with van der Waals surface area (Å²) in [4.78, 5) is 13.2. The van der Waals surface area contributed by atoms with E-state index >= 15 is 0 Å². The number of benzene rings is 3. The summed E-state index contributed by atoms with van der Waals surface area (Å²) < 4.78 is 27.7. The van der Waals surface area contributed by atoms with Crippen LogP contribution in [0, 0.1) is 6.92 Å². The minimum Gasteiger partial charge on any atom is -0.268 e. The van der Waals surface area contributed by atoms with Crippen LogP contribution in [-0.4, -0.2) is 14.3 Å². The van der Waals surface area contributed by atoms with Crippen molar-refractivity contribution in [1.82, 2.24) is 0 Å². The van der Waals surface area contributed by atoms with E-state index in [0.717, 1.165) is 40.3 Å². The van der Waals surface area contributed by atoms with Crippen LogP contribution in [0.15, 0.2) is 89.8 Å². The SMILES string of the molecule is CCCCc1ccc(N(C(=O)/C=C/c2ccccc2)S(=O)(=O)c2ccc(C)cc2)cc1. The molecule has 3 aromatic rings. The Balaban J connectivity index is 1.99. The highest BCUT2D eigenvalue weighted by molar-refractivity contribution is 7.93. The first-order valence-electron chi connectivity index (χ1n) is 10.4. The number of aryl methyl sites for hydroxylation is 2. The monoisotopic (exact) mass is 433 g/mol. The van der Waals surface area contributed by atoms with Crippen LogP contribution in [0.5, 0.6) is 0 Å². The smallest absolute Gasteiger partial charge is 0.268 e. The van der Waals surface area contributed by atoms with Crippen LogP contribution in [0.1, 0.15) is 36.5 Å². The van der Waals surface area contributed by atoms with E-state index in [0.29, 0.717) is 5.69 Å². The zero-order chi connectivity index (χ0) is 22.3. The predicted molar refractivity (Wildman–Crippen MR) is 126 cm³/mol. The van der Waals surface area contributed by atoms with Gasteiger partial charge >= 0.3 is 0 Å². The fourth-order valence-corrected chi connectivity index (χ4v) is 4.57. The fraction of sp³-hybridized carbons (Fsp3) is 0.192. The van der Waals surface area contributed by atoms with Crippen LogP contribution in [-0.2, 0) is 21.2 Å². The van der Waals surface area contributed by atoms with Crippen LogP contribution in [0.3, 0.4) is 0 Å². The molecule has 160 valence electrons. The van der Waals surface area contributed by atoms with Crippen LogP contribution in [0.25, 0.3) is 6.08 Å². The number of nitrogens with zero attached hydrogens (tertiary/aromatic N) is 1. The second-order valence-corrected chi connectivity index (χ2v) is 9.22. The first kappa shape index (κ1) is 22.5. The van der Waals surface area contributed by atoms with E-state index in [9.17, 15) is 13.2 Å². The van der Waals surface area contributed by atoms with Gasteiger partial charge in [-0.1, -0.05) is 73.5 Å². The van der Waals surface area contributed by atoms with Crippen molar-refractivity contribution in [2.45, 2.75) is 38.0 Å². The number of unbranched alkanes of at least 4 members (excludes halogenated alkanes) is 1. The molecule has 0 aliphatic carbocycles. The minimum atomic E-state index is -4.07. The van der Waals surface area contributed by atoms with E-state index in [1.807, 2.05) is 49.4 Å². The highest BCUT2D eigenvalue weighted by Gasteiger charge is 2.29. The third-order valence-corrected chi connectivity index (χ3v) is 6.71. The average molecular weight is 434 g/mol. The first-order valence-corrected chi connectivity index (χ1v) is 11.8. The number of amides is 1. The highest BCUT2D eigenvalue weighted by atomic mass is 32.2. The summed E-state index contributed by atoms with van der Waals surface area (Å²) in [5, 5.41) is 0. The van der Waals surface area contributed by atoms with Crippen LogP contribution < -0.4 is 4.31 Å². The molecule has 0 saturated carbocycles. The molecule has 0 saturated heterocycles. The molecule has 0 spiro atoms. The molecule has 0 unspecified atom stereocenters. The molecule has 3 rings (SSSR count). The number of hydrogen-bond donors (Lipinski definition) is 0. The summed E-state index contributed by atoms with van der Waals surface area (Å²) in [6, 6.07) is 23.0. The van der Waals surface area contributed by atoms with Gasteiger partial charge in [0.15, 0.2) is 0 Å². The van der Waals surface area contributed by atoms with Crippen molar-refractivity contribution in [3.05, 3.63) is 102 Å². The maximum Gasteiger partial charge on any atom is 0.271 e. The normalized spacial score (nSPS) is 11.5. The molecular formula is C26H27NO3S. The lowest BCUT2D eigenvalue weighted by Crippen LogP contribution is -2.35. The molecule has 0 fully saturated rings. The fourth-order valence-electron chi connectivity index (χ4n) is 3.18. The van der Waals surface area contributed by atoms with E-state index in [1.165, 1.54) is 18.2 Å². The number of carbonyl (C=O) groups excluding carboxylic acids is 1. The Labute approximate surface area is 184 Å². The van der Waals surface area contributed by atoms with Crippen molar-refractivity contribution in [1.29, 1.82) is 0 Å². The number of hydrogen-bond acceptors (Lipinski definition) is 3. The molecule has 1 amide bonds. The molecule has 0 atom stereocenters. The Kier molecular flexibility index (Phi) is 7.42. The summed E-state index contributed by atoms with van der Waals surface area (Å²) in [7, 11) is -4.07. The molecule has 0 aliphatic heterocycles. The standard InChI is InChI=1S/C26H27NO3S/c1-3-4-8-23-13-16-24(17-14-23)27(26(28)20-15-22-9-6-5-7-10-22)31(29,30)25-18-11-21(2)12-19-25/h5-7,9-20H,3-4,8H2,1-2H3/b20-15+. The summed E-state index contributed by atoms with van der Waals surface area (Å²) in [6.07, 6.45) is 5.98. The van der Waals surface area contributed by atoms with Gasteiger partial charge < -0.3 is 0 Å². The van der Waals surface area contributed by atoms with E-state index < -0.39 is 15.9 Å². The zero-order valence-corrected chi connectivity index (χ0v) is 18.7. The Hall–Kier alpha value is -3.18. The Morgan fingerprint density at radius 2 is 1.55 bits per heavy atom. The number of carbonyl (C=O) groups is 1. The summed E-state index contributed by atoms with van der Waals surface area (Å²) in [5.74, 6) is -0.620. The lowest BCUT2D eigenvalue weighted by molar-refractivity contribution is -0.113.